The molecule has 9 nitrogen and oxygen atoms in total. The SMILES string of the molecule is COCCN1C(=O)C(=O)C(=C(O)c2ccc3c(c2)OCCO3)C1c1ccc(C(=O)OC)cc1. The largest absolute Gasteiger partial charge is 0.507 e. The molecule has 0 bridgehead atoms. The molecule has 0 saturated carbocycles. The summed E-state index contributed by atoms with van der Waals surface area (Å²) in [5, 5.41) is 11.1. The van der Waals surface area contributed by atoms with Gasteiger partial charge < -0.3 is 29.0 Å². The number of rotatable bonds is 6. The number of methoxy groups -OCH3 is 2. The Bertz CT molecular complexity index is 1120. The van der Waals surface area contributed by atoms with E-state index in [1.54, 1.807) is 42.5 Å². The second-order valence-electron chi connectivity index (χ2n) is 7.46. The fourth-order valence-electron chi connectivity index (χ4n) is 3.91. The number of Topliss-reactive ketones (excluding diaryl/α,β-unsaturated/α-hetero) is 1. The van der Waals surface area contributed by atoms with Crippen molar-refractivity contribution in [3.63, 3.8) is 0 Å². The Morgan fingerprint density at radius 2 is 1.70 bits per heavy atom. The first-order chi connectivity index (χ1) is 16.0. The van der Waals surface area contributed by atoms with Gasteiger partial charge in [-0.15, -0.1) is 0 Å². The molecule has 2 aliphatic heterocycles. The molecule has 0 radical (unpaired) electrons. The Morgan fingerprint density at radius 3 is 2.36 bits per heavy atom. The molecule has 1 saturated heterocycles. The Kier molecular flexibility index (Phi) is 6.32. The molecular weight excluding hydrogens is 430 g/mol. The van der Waals surface area contributed by atoms with Crippen molar-refractivity contribution in [2.24, 2.45) is 0 Å². The maximum absolute atomic E-state index is 13.0. The van der Waals surface area contributed by atoms with Gasteiger partial charge in [0.15, 0.2) is 11.5 Å². The van der Waals surface area contributed by atoms with Crippen LogP contribution in [0.2, 0.25) is 0 Å². The molecule has 33 heavy (non-hydrogen) atoms. The Hall–Kier alpha value is -3.85. The van der Waals surface area contributed by atoms with Gasteiger partial charge in [0.25, 0.3) is 11.7 Å². The van der Waals surface area contributed by atoms with Crippen molar-refractivity contribution in [2.45, 2.75) is 6.04 Å². The van der Waals surface area contributed by atoms with Crippen LogP contribution in [0.5, 0.6) is 11.5 Å². The quantitative estimate of drug-likeness (QED) is 0.307. The topological polar surface area (TPSA) is 112 Å². The fraction of sp³-hybridized carbons (Fsp3) is 0.292. The lowest BCUT2D eigenvalue weighted by Gasteiger charge is -2.25. The molecule has 2 aromatic rings. The van der Waals surface area contributed by atoms with E-state index in [4.69, 9.17) is 18.9 Å². The highest BCUT2D eigenvalue weighted by Gasteiger charge is 2.46. The van der Waals surface area contributed by atoms with E-state index >= 15 is 0 Å². The Morgan fingerprint density at radius 1 is 1.03 bits per heavy atom. The van der Waals surface area contributed by atoms with Crippen LogP contribution in [0.4, 0.5) is 0 Å². The molecule has 2 heterocycles. The van der Waals surface area contributed by atoms with Gasteiger partial charge in [0, 0.05) is 19.2 Å². The molecule has 1 amide bonds. The summed E-state index contributed by atoms with van der Waals surface area (Å²) in [7, 11) is 2.77. The smallest absolute Gasteiger partial charge is 0.337 e. The lowest BCUT2D eigenvalue weighted by atomic mass is 9.94. The zero-order valence-electron chi connectivity index (χ0n) is 18.2. The van der Waals surface area contributed by atoms with Crippen LogP contribution < -0.4 is 9.47 Å². The molecular formula is C24H23NO8. The molecule has 1 unspecified atom stereocenters. The Labute approximate surface area is 190 Å². The summed E-state index contributed by atoms with van der Waals surface area (Å²) in [4.78, 5) is 39.0. The van der Waals surface area contributed by atoms with Crippen LogP contribution in [0.25, 0.3) is 5.76 Å². The van der Waals surface area contributed by atoms with Crippen molar-refractivity contribution in [3.8, 4) is 11.5 Å². The van der Waals surface area contributed by atoms with Gasteiger partial charge in [-0.25, -0.2) is 4.79 Å². The molecule has 0 aliphatic carbocycles. The van der Waals surface area contributed by atoms with Crippen LogP contribution in [0.1, 0.15) is 27.5 Å². The molecule has 4 rings (SSSR count). The number of carbonyl (C=O) groups is 3. The minimum absolute atomic E-state index is 0.0569. The van der Waals surface area contributed by atoms with Crippen molar-refractivity contribution < 1.29 is 38.4 Å². The predicted molar refractivity (Wildman–Crippen MR) is 116 cm³/mol. The zero-order chi connectivity index (χ0) is 23.5. The minimum Gasteiger partial charge on any atom is -0.507 e. The summed E-state index contributed by atoms with van der Waals surface area (Å²) in [6.45, 7) is 1.13. The van der Waals surface area contributed by atoms with E-state index in [9.17, 15) is 19.5 Å². The van der Waals surface area contributed by atoms with Crippen molar-refractivity contribution in [3.05, 3.63) is 64.7 Å². The number of hydrogen-bond acceptors (Lipinski definition) is 8. The van der Waals surface area contributed by atoms with Crippen LogP contribution in [0.3, 0.4) is 0 Å². The molecule has 9 heteroatoms. The van der Waals surface area contributed by atoms with Crippen molar-refractivity contribution in [1.82, 2.24) is 4.90 Å². The van der Waals surface area contributed by atoms with E-state index in [1.807, 2.05) is 0 Å². The fourth-order valence-corrected chi connectivity index (χ4v) is 3.91. The lowest BCUT2D eigenvalue weighted by Crippen LogP contribution is -2.32. The average Bonchev–Trinajstić information content (AvgIpc) is 3.11. The van der Waals surface area contributed by atoms with Gasteiger partial charge in [0.2, 0.25) is 0 Å². The van der Waals surface area contributed by atoms with Gasteiger partial charge in [-0.1, -0.05) is 12.1 Å². The zero-order valence-corrected chi connectivity index (χ0v) is 18.2. The normalized spacial score (nSPS) is 19.0. The summed E-state index contributed by atoms with van der Waals surface area (Å²) in [5.41, 5.74) is 1.14. The number of aliphatic hydroxyl groups excluding tert-OH is 1. The van der Waals surface area contributed by atoms with E-state index in [1.165, 1.54) is 19.1 Å². The number of nitrogens with zero attached hydrogens (tertiary/aromatic N) is 1. The highest BCUT2D eigenvalue weighted by Crippen LogP contribution is 2.41. The number of hydrogen-bond donors (Lipinski definition) is 1. The summed E-state index contributed by atoms with van der Waals surface area (Å²) in [6.07, 6.45) is 0. The Balaban J connectivity index is 1.80. The maximum Gasteiger partial charge on any atom is 0.337 e. The third-order valence-electron chi connectivity index (χ3n) is 5.54. The first-order valence-corrected chi connectivity index (χ1v) is 10.3. The monoisotopic (exact) mass is 453 g/mol. The van der Waals surface area contributed by atoms with E-state index in [-0.39, 0.29) is 24.5 Å². The number of esters is 1. The minimum atomic E-state index is -0.861. The summed E-state index contributed by atoms with van der Waals surface area (Å²) in [6, 6.07) is 10.3. The van der Waals surface area contributed by atoms with Crippen LogP contribution in [0, 0.1) is 0 Å². The number of likely N-dealkylation sites (tertiary alicyclic amines) is 1. The lowest BCUT2D eigenvalue weighted by molar-refractivity contribution is -0.140. The second kappa shape index (κ2) is 9.33. The number of fused-ring (bicyclic) bond motifs is 1. The van der Waals surface area contributed by atoms with Gasteiger partial charge >= 0.3 is 5.97 Å². The third kappa shape index (κ3) is 4.14. The third-order valence-corrected chi connectivity index (χ3v) is 5.54. The number of ketones is 1. The predicted octanol–water partition coefficient (Wildman–Crippen LogP) is 2.31. The average molecular weight is 453 g/mol. The van der Waals surface area contributed by atoms with Gasteiger partial charge in [-0.3, -0.25) is 9.59 Å². The molecule has 0 spiro atoms. The summed E-state index contributed by atoms with van der Waals surface area (Å²) < 4.78 is 20.9. The number of amides is 1. The molecule has 0 aromatic heterocycles. The van der Waals surface area contributed by atoms with Crippen LogP contribution in [-0.2, 0) is 19.1 Å². The van der Waals surface area contributed by atoms with Crippen LogP contribution >= 0.6 is 0 Å². The van der Waals surface area contributed by atoms with Crippen molar-refractivity contribution in [2.75, 3.05) is 40.6 Å². The number of aliphatic hydroxyl groups is 1. The van der Waals surface area contributed by atoms with E-state index in [0.717, 1.165) is 0 Å². The molecule has 1 N–H and O–H groups in total. The summed E-state index contributed by atoms with van der Waals surface area (Å²) >= 11 is 0. The van der Waals surface area contributed by atoms with Crippen molar-refractivity contribution in [1.29, 1.82) is 0 Å². The maximum atomic E-state index is 13.0. The second-order valence-corrected chi connectivity index (χ2v) is 7.46. The van der Waals surface area contributed by atoms with Gasteiger partial charge in [-0.2, -0.15) is 0 Å². The molecule has 1 atom stereocenters. The number of ether oxygens (including phenoxy) is 4. The molecule has 2 aromatic carbocycles. The van der Waals surface area contributed by atoms with E-state index in [0.29, 0.717) is 41.4 Å². The van der Waals surface area contributed by atoms with Gasteiger partial charge in [-0.05, 0) is 35.9 Å². The number of benzene rings is 2. The summed E-state index contributed by atoms with van der Waals surface area (Å²) in [5.74, 6) is -1.40. The highest BCUT2D eigenvalue weighted by atomic mass is 16.6. The first-order valence-electron chi connectivity index (χ1n) is 10.3. The molecule has 172 valence electrons. The van der Waals surface area contributed by atoms with E-state index < -0.39 is 23.7 Å². The molecule has 2 aliphatic rings. The molecule has 1 fully saturated rings. The first kappa shape index (κ1) is 22.3. The highest BCUT2D eigenvalue weighted by molar-refractivity contribution is 6.46. The van der Waals surface area contributed by atoms with Crippen molar-refractivity contribution >= 4 is 23.4 Å². The van der Waals surface area contributed by atoms with E-state index in [2.05, 4.69) is 0 Å². The standard InChI is InChI=1S/C24H23NO8/c1-30-10-9-25-20(14-3-5-15(6-4-14)24(29)31-2)19(22(27)23(25)28)21(26)16-7-8-17-18(13-16)33-12-11-32-17/h3-8,13,20,26H,9-12H2,1-2H3. The van der Waals surface area contributed by atoms with Gasteiger partial charge in [0.05, 0.1) is 30.9 Å². The van der Waals surface area contributed by atoms with Crippen LogP contribution in [0.15, 0.2) is 48.0 Å². The van der Waals surface area contributed by atoms with Gasteiger partial charge in [0.1, 0.15) is 19.0 Å². The van der Waals surface area contributed by atoms with Crippen LogP contribution in [-0.4, -0.2) is 68.3 Å². The number of carbonyl (C=O) groups excluding carboxylic acids is 3.